The molecular formula is C21H27N3O2S. The number of anilines is 1. The molecule has 2 aliphatic rings. The smallest absolute Gasteiger partial charge is 0.214 e. The van der Waals surface area contributed by atoms with Gasteiger partial charge in [-0.1, -0.05) is 18.2 Å². The Labute approximate surface area is 161 Å². The summed E-state index contributed by atoms with van der Waals surface area (Å²) in [6.07, 6.45) is 3.96. The summed E-state index contributed by atoms with van der Waals surface area (Å²) in [7, 11) is -3.24. The Hall–Kier alpha value is -1.92. The van der Waals surface area contributed by atoms with E-state index in [1.165, 1.54) is 24.0 Å². The first-order valence-electron chi connectivity index (χ1n) is 9.78. The molecule has 0 bridgehead atoms. The van der Waals surface area contributed by atoms with Crippen LogP contribution in [0.2, 0.25) is 0 Å². The fraction of sp³-hybridized carbons (Fsp3) is 0.476. The van der Waals surface area contributed by atoms with E-state index in [-0.39, 0.29) is 6.04 Å². The van der Waals surface area contributed by atoms with Gasteiger partial charge in [0.1, 0.15) is 5.82 Å². The molecule has 1 fully saturated rings. The summed E-state index contributed by atoms with van der Waals surface area (Å²) in [6.45, 7) is 5.58. The van der Waals surface area contributed by atoms with E-state index in [2.05, 4.69) is 46.0 Å². The van der Waals surface area contributed by atoms with Gasteiger partial charge in [-0.3, -0.25) is 0 Å². The van der Waals surface area contributed by atoms with Gasteiger partial charge in [-0.05, 0) is 68.9 Å². The normalized spacial score (nSPS) is 19.7. The molecule has 1 aromatic heterocycles. The van der Waals surface area contributed by atoms with Gasteiger partial charge in [0.15, 0.2) is 0 Å². The van der Waals surface area contributed by atoms with Gasteiger partial charge >= 0.3 is 0 Å². The predicted octanol–water partition coefficient (Wildman–Crippen LogP) is 3.14. The van der Waals surface area contributed by atoms with Crippen molar-refractivity contribution in [3.8, 4) is 11.3 Å². The minimum absolute atomic E-state index is 0.0495. The molecule has 0 unspecified atom stereocenters. The van der Waals surface area contributed by atoms with Crippen molar-refractivity contribution in [3.63, 3.8) is 0 Å². The van der Waals surface area contributed by atoms with Crippen LogP contribution in [-0.4, -0.2) is 37.8 Å². The van der Waals surface area contributed by atoms with Crippen LogP contribution >= 0.6 is 0 Å². The zero-order valence-corrected chi connectivity index (χ0v) is 16.8. The average Bonchev–Trinajstić information content (AvgIpc) is 3.30. The third-order valence-corrected chi connectivity index (χ3v) is 7.45. The van der Waals surface area contributed by atoms with Gasteiger partial charge in [0, 0.05) is 24.7 Å². The number of sulfonamides is 1. The SMILES string of the molecule is CC(C)S(=O)(=O)N[C@H]1Cc2ccc(-c3cccc(N4CCCC4)n3)cc2C1. The zero-order chi connectivity index (χ0) is 19.0. The summed E-state index contributed by atoms with van der Waals surface area (Å²) in [4.78, 5) is 7.21. The van der Waals surface area contributed by atoms with Crippen LogP contribution in [0.25, 0.3) is 11.3 Å². The highest BCUT2D eigenvalue weighted by Gasteiger charge is 2.27. The van der Waals surface area contributed by atoms with E-state index in [9.17, 15) is 8.42 Å². The van der Waals surface area contributed by atoms with Crippen molar-refractivity contribution >= 4 is 15.8 Å². The largest absolute Gasteiger partial charge is 0.357 e. The maximum atomic E-state index is 12.2. The Balaban J connectivity index is 1.54. The van der Waals surface area contributed by atoms with E-state index >= 15 is 0 Å². The van der Waals surface area contributed by atoms with Crippen LogP contribution in [-0.2, 0) is 22.9 Å². The molecule has 6 heteroatoms. The van der Waals surface area contributed by atoms with Crippen molar-refractivity contribution in [1.82, 2.24) is 9.71 Å². The van der Waals surface area contributed by atoms with Gasteiger partial charge in [0.05, 0.1) is 10.9 Å². The maximum absolute atomic E-state index is 12.2. The first-order chi connectivity index (χ1) is 12.9. The highest BCUT2D eigenvalue weighted by Crippen LogP contribution is 2.29. The molecule has 1 aliphatic carbocycles. The van der Waals surface area contributed by atoms with E-state index in [4.69, 9.17) is 4.98 Å². The van der Waals surface area contributed by atoms with Crippen molar-refractivity contribution in [2.75, 3.05) is 18.0 Å². The number of pyridine rings is 1. The monoisotopic (exact) mass is 385 g/mol. The fourth-order valence-corrected chi connectivity index (χ4v) is 4.84. The summed E-state index contributed by atoms with van der Waals surface area (Å²) in [5, 5.41) is -0.408. The number of aromatic nitrogens is 1. The summed E-state index contributed by atoms with van der Waals surface area (Å²) in [5.74, 6) is 1.05. The zero-order valence-electron chi connectivity index (χ0n) is 16.0. The van der Waals surface area contributed by atoms with E-state index in [1.807, 2.05) is 0 Å². The van der Waals surface area contributed by atoms with Crippen molar-refractivity contribution < 1.29 is 8.42 Å². The van der Waals surface area contributed by atoms with Gasteiger partial charge in [-0.15, -0.1) is 0 Å². The molecule has 0 spiro atoms. The van der Waals surface area contributed by atoms with E-state index in [0.29, 0.717) is 0 Å². The van der Waals surface area contributed by atoms with Crippen LogP contribution in [0, 0.1) is 0 Å². The molecule has 0 amide bonds. The molecule has 1 aliphatic heterocycles. The van der Waals surface area contributed by atoms with Crippen molar-refractivity contribution in [2.45, 2.75) is 50.8 Å². The quantitative estimate of drug-likeness (QED) is 0.859. The lowest BCUT2D eigenvalue weighted by atomic mass is 10.0. The number of hydrogen-bond acceptors (Lipinski definition) is 4. The molecule has 2 heterocycles. The van der Waals surface area contributed by atoms with Crippen LogP contribution in [0.15, 0.2) is 36.4 Å². The second-order valence-electron chi connectivity index (χ2n) is 7.88. The second-order valence-corrected chi connectivity index (χ2v) is 10.1. The number of hydrogen-bond donors (Lipinski definition) is 1. The molecule has 0 saturated carbocycles. The van der Waals surface area contributed by atoms with Gasteiger partial charge in [-0.25, -0.2) is 18.1 Å². The second kappa shape index (κ2) is 7.24. The predicted molar refractivity (Wildman–Crippen MR) is 110 cm³/mol. The first kappa shape index (κ1) is 18.4. The molecule has 1 N–H and O–H groups in total. The summed E-state index contributed by atoms with van der Waals surface area (Å²) >= 11 is 0. The van der Waals surface area contributed by atoms with Gasteiger partial charge in [0.2, 0.25) is 10.0 Å². The minimum atomic E-state index is -3.24. The third kappa shape index (κ3) is 3.87. The molecule has 1 atom stereocenters. The topological polar surface area (TPSA) is 62.3 Å². The lowest BCUT2D eigenvalue weighted by Gasteiger charge is -2.17. The molecule has 1 saturated heterocycles. The maximum Gasteiger partial charge on any atom is 0.214 e. The lowest BCUT2D eigenvalue weighted by Crippen LogP contribution is -2.39. The Morgan fingerprint density at radius 2 is 1.81 bits per heavy atom. The van der Waals surface area contributed by atoms with Crippen LogP contribution < -0.4 is 9.62 Å². The summed E-state index contributed by atoms with van der Waals surface area (Å²) in [6, 6.07) is 12.6. The molecule has 5 nitrogen and oxygen atoms in total. The molecule has 27 heavy (non-hydrogen) atoms. The van der Waals surface area contributed by atoms with E-state index in [0.717, 1.165) is 43.0 Å². The number of fused-ring (bicyclic) bond motifs is 1. The van der Waals surface area contributed by atoms with Gasteiger partial charge < -0.3 is 4.90 Å². The lowest BCUT2D eigenvalue weighted by molar-refractivity contribution is 0.547. The highest BCUT2D eigenvalue weighted by molar-refractivity contribution is 7.90. The van der Waals surface area contributed by atoms with Crippen molar-refractivity contribution in [2.24, 2.45) is 0 Å². The molecule has 1 aromatic carbocycles. The molecule has 2 aromatic rings. The van der Waals surface area contributed by atoms with Crippen molar-refractivity contribution in [1.29, 1.82) is 0 Å². The average molecular weight is 386 g/mol. The van der Waals surface area contributed by atoms with Crippen LogP contribution in [0.4, 0.5) is 5.82 Å². The van der Waals surface area contributed by atoms with E-state index < -0.39 is 15.3 Å². The number of benzene rings is 1. The summed E-state index contributed by atoms with van der Waals surface area (Å²) < 4.78 is 27.2. The number of nitrogens with one attached hydrogen (secondary N) is 1. The molecule has 144 valence electrons. The number of rotatable bonds is 5. The minimum Gasteiger partial charge on any atom is -0.357 e. The standard InChI is InChI=1S/C21H27N3O2S/c1-15(2)27(25,26)23-19-13-16-8-9-17(12-18(16)14-19)20-6-5-7-21(22-20)24-10-3-4-11-24/h5-9,12,15,19,23H,3-4,10-11,13-14H2,1-2H3/t19-/m0/s1. The Morgan fingerprint density at radius 1 is 1.07 bits per heavy atom. The van der Waals surface area contributed by atoms with Crippen LogP contribution in [0.1, 0.15) is 37.8 Å². The van der Waals surface area contributed by atoms with Crippen molar-refractivity contribution in [3.05, 3.63) is 47.5 Å². The molecule has 4 rings (SSSR count). The Bertz CT molecular complexity index is 934. The Kier molecular flexibility index (Phi) is 4.95. The fourth-order valence-electron chi connectivity index (χ4n) is 3.94. The first-order valence-corrected chi connectivity index (χ1v) is 11.3. The van der Waals surface area contributed by atoms with Crippen LogP contribution in [0.3, 0.4) is 0 Å². The van der Waals surface area contributed by atoms with Gasteiger partial charge in [-0.2, -0.15) is 0 Å². The number of nitrogens with zero attached hydrogens (tertiary/aromatic N) is 2. The third-order valence-electron chi connectivity index (χ3n) is 5.55. The van der Waals surface area contributed by atoms with Crippen LogP contribution in [0.5, 0.6) is 0 Å². The van der Waals surface area contributed by atoms with Gasteiger partial charge in [0.25, 0.3) is 0 Å². The Morgan fingerprint density at radius 3 is 2.56 bits per heavy atom. The molecule has 0 radical (unpaired) electrons. The highest BCUT2D eigenvalue weighted by atomic mass is 32.2. The molecular weight excluding hydrogens is 358 g/mol. The van der Waals surface area contributed by atoms with E-state index in [1.54, 1.807) is 13.8 Å². The summed E-state index contributed by atoms with van der Waals surface area (Å²) in [5.41, 5.74) is 4.53.